The van der Waals surface area contributed by atoms with Gasteiger partial charge in [0.2, 0.25) is 0 Å². The topological polar surface area (TPSA) is 66.0 Å². The van der Waals surface area contributed by atoms with Gasteiger partial charge in [-0.05, 0) is 17.7 Å². The van der Waals surface area contributed by atoms with Crippen LogP contribution in [0.15, 0.2) is 55.1 Å². The van der Waals surface area contributed by atoms with Gasteiger partial charge in [0.25, 0.3) is 0 Å². The van der Waals surface area contributed by atoms with Gasteiger partial charge in [0, 0.05) is 23.5 Å². The third-order valence-corrected chi connectivity index (χ3v) is 3.00. The maximum Gasteiger partial charge on any atom is 0.139 e. The number of hydrogen-bond donors (Lipinski definition) is 1. The number of aromatic nitrogens is 3. The zero-order valence-corrected chi connectivity index (χ0v) is 11.0. The van der Waals surface area contributed by atoms with E-state index in [1.54, 1.807) is 30.4 Å². The van der Waals surface area contributed by atoms with Crippen LogP contribution in [0.5, 0.6) is 5.75 Å². The van der Waals surface area contributed by atoms with Crippen molar-refractivity contribution in [2.24, 2.45) is 0 Å². The first-order valence-electron chi connectivity index (χ1n) is 6.16. The highest BCUT2D eigenvalue weighted by atomic mass is 16.5. The van der Waals surface area contributed by atoms with Crippen LogP contribution in [0.3, 0.4) is 0 Å². The maximum absolute atomic E-state index is 5.80. The Labute approximate surface area is 116 Å². The fourth-order valence-corrected chi connectivity index (χ4v) is 1.98. The van der Waals surface area contributed by atoms with E-state index in [1.165, 1.54) is 0 Å². The normalized spacial score (nSPS) is 10.4. The third-order valence-electron chi connectivity index (χ3n) is 3.00. The lowest BCUT2D eigenvalue weighted by molar-refractivity contribution is 0.412. The Morgan fingerprint density at radius 2 is 2.00 bits per heavy atom. The summed E-state index contributed by atoms with van der Waals surface area (Å²) in [5.41, 5.74) is 9.41. The Kier molecular flexibility index (Phi) is 3.09. The molecule has 0 aliphatic heterocycles. The Bertz CT molecular complexity index is 736. The molecule has 0 saturated carbocycles. The van der Waals surface area contributed by atoms with Crippen LogP contribution in [-0.2, 0) is 0 Å². The second-order valence-electron chi connectivity index (χ2n) is 4.38. The number of nitrogens with zero attached hydrogens (tertiary/aromatic N) is 3. The lowest BCUT2D eigenvalue weighted by atomic mass is 10.1. The number of methoxy groups -OCH3 is 1. The molecule has 3 rings (SSSR count). The van der Waals surface area contributed by atoms with Crippen LogP contribution >= 0.6 is 0 Å². The van der Waals surface area contributed by atoms with Crippen LogP contribution in [-0.4, -0.2) is 21.9 Å². The second-order valence-corrected chi connectivity index (χ2v) is 4.38. The van der Waals surface area contributed by atoms with E-state index < -0.39 is 0 Å². The van der Waals surface area contributed by atoms with E-state index in [-0.39, 0.29) is 0 Å². The standard InChI is InChI=1S/C15H14N4O/c1-20-15-6-14(8-17-9-15)19-10-12(7-18-19)11-3-2-4-13(16)5-11/h2-10H,16H2,1H3. The van der Waals surface area contributed by atoms with Crippen molar-refractivity contribution in [3.8, 4) is 22.6 Å². The van der Waals surface area contributed by atoms with Gasteiger partial charge in [0.1, 0.15) is 5.75 Å². The summed E-state index contributed by atoms with van der Waals surface area (Å²) < 4.78 is 6.92. The van der Waals surface area contributed by atoms with E-state index in [2.05, 4.69) is 10.1 Å². The molecular weight excluding hydrogens is 252 g/mol. The first-order chi connectivity index (χ1) is 9.76. The van der Waals surface area contributed by atoms with E-state index in [0.717, 1.165) is 22.5 Å². The summed E-state index contributed by atoms with van der Waals surface area (Å²) in [5, 5.41) is 4.35. The molecule has 0 amide bonds. The van der Waals surface area contributed by atoms with Crippen molar-refractivity contribution >= 4 is 5.69 Å². The highest BCUT2D eigenvalue weighted by Gasteiger charge is 2.05. The number of ether oxygens (including phenoxy) is 1. The van der Waals surface area contributed by atoms with Crippen molar-refractivity contribution in [3.63, 3.8) is 0 Å². The fourth-order valence-electron chi connectivity index (χ4n) is 1.98. The predicted molar refractivity (Wildman–Crippen MR) is 77.8 cm³/mol. The van der Waals surface area contributed by atoms with Gasteiger partial charge >= 0.3 is 0 Å². The highest BCUT2D eigenvalue weighted by molar-refractivity contribution is 5.66. The largest absolute Gasteiger partial charge is 0.495 e. The number of rotatable bonds is 3. The molecule has 0 saturated heterocycles. The number of anilines is 1. The van der Waals surface area contributed by atoms with Crippen molar-refractivity contribution in [1.29, 1.82) is 0 Å². The molecule has 2 heterocycles. The molecule has 2 aromatic heterocycles. The average Bonchev–Trinajstić information content (AvgIpc) is 2.97. The van der Waals surface area contributed by atoms with Crippen molar-refractivity contribution in [2.45, 2.75) is 0 Å². The summed E-state index contributed by atoms with van der Waals surface area (Å²) in [6, 6.07) is 9.59. The van der Waals surface area contributed by atoms with Crippen LogP contribution in [0.4, 0.5) is 5.69 Å². The van der Waals surface area contributed by atoms with Crippen LogP contribution in [0, 0.1) is 0 Å². The molecule has 1 aromatic carbocycles. The van der Waals surface area contributed by atoms with Crippen LogP contribution in [0.2, 0.25) is 0 Å². The second kappa shape index (κ2) is 5.05. The maximum atomic E-state index is 5.80. The van der Waals surface area contributed by atoms with Gasteiger partial charge in [0.05, 0.1) is 31.4 Å². The molecular formula is C15H14N4O. The minimum Gasteiger partial charge on any atom is -0.495 e. The molecule has 0 unspecified atom stereocenters. The molecule has 0 bridgehead atoms. The van der Waals surface area contributed by atoms with E-state index >= 15 is 0 Å². The van der Waals surface area contributed by atoms with Gasteiger partial charge in [-0.3, -0.25) is 4.98 Å². The SMILES string of the molecule is COc1cncc(-n2cc(-c3cccc(N)c3)cn2)c1. The molecule has 3 aromatic rings. The minimum atomic E-state index is 0.698. The van der Waals surface area contributed by atoms with E-state index in [1.807, 2.05) is 36.5 Å². The van der Waals surface area contributed by atoms with E-state index in [9.17, 15) is 0 Å². The minimum absolute atomic E-state index is 0.698. The molecule has 0 atom stereocenters. The average molecular weight is 266 g/mol. The summed E-state index contributed by atoms with van der Waals surface area (Å²) >= 11 is 0. The monoisotopic (exact) mass is 266 g/mol. The highest BCUT2D eigenvalue weighted by Crippen LogP contribution is 2.22. The summed E-state index contributed by atoms with van der Waals surface area (Å²) in [7, 11) is 1.61. The van der Waals surface area contributed by atoms with Gasteiger partial charge in [-0.25, -0.2) is 4.68 Å². The Morgan fingerprint density at radius 3 is 2.80 bits per heavy atom. The molecule has 5 nitrogen and oxygen atoms in total. The van der Waals surface area contributed by atoms with Gasteiger partial charge in [-0.1, -0.05) is 12.1 Å². The molecule has 5 heteroatoms. The number of nitrogen functional groups attached to an aromatic ring is 1. The van der Waals surface area contributed by atoms with E-state index in [0.29, 0.717) is 5.75 Å². The first kappa shape index (κ1) is 12.2. The predicted octanol–water partition coefficient (Wildman–Crippen LogP) is 2.53. The first-order valence-corrected chi connectivity index (χ1v) is 6.16. The van der Waals surface area contributed by atoms with Crippen molar-refractivity contribution in [2.75, 3.05) is 12.8 Å². The zero-order chi connectivity index (χ0) is 13.9. The number of pyridine rings is 1. The summed E-state index contributed by atoms with van der Waals surface area (Å²) in [5.74, 6) is 0.698. The lowest BCUT2D eigenvalue weighted by Crippen LogP contribution is -1.95. The third kappa shape index (κ3) is 2.33. The van der Waals surface area contributed by atoms with Gasteiger partial charge in [-0.15, -0.1) is 0 Å². The molecule has 2 N–H and O–H groups in total. The number of benzene rings is 1. The quantitative estimate of drug-likeness (QED) is 0.740. The summed E-state index contributed by atoms with van der Waals surface area (Å²) in [6.45, 7) is 0. The molecule has 100 valence electrons. The number of nitrogens with two attached hydrogens (primary N) is 1. The van der Waals surface area contributed by atoms with Crippen molar-refractivity contribution < 1.29 is 4.74 Å². The lowest BCUT2D eigenvalue weighted by Gasteiger charge is -2.03. The molecule has 0 spiro atoms. The van der Waals surface area contributed by atoms with Crippen LogP contribution < -0.4 is 10.5 Å². The Morgan fingerprint density at radius 1 is 1.10 bits per heavy atom. The fraction of sp³-hybridized carbons (Fsp3) is 0.0667. The molecule has 0 aliphatic carbocycles. The van der Waals surface area contributed by atoms with Crippen molar-refractivity contribution in [1.82, 2.24) is 14.8 Å². The molecule has 0 radical (unpaired) electrons. The molecule has 20 heavy (non-hydrogen) atoms. The van der Waals surface area contributed by atoms with Crippen LogP contribution in [0.25, 0.3) is 16.8 Å². The smallest absolute Gasteiger partial charge is 0.139 e. The Hall–Kier alpha value is -2.82. The van der Waals surface area contributed by atoms with Crippen molar-refractivity contribution in [3.05, 3.63) is 55.1 Å². The summed E-state index contributed by atoms with van der Waals surface area (Å²) in [6.07, 6.45) is 7.13. The van der Waals surface area contributed by atoms with E-state index in [4.69, 9.17) is 10.5 Å². The van der Waals surface area contributed by atoms with Gasteiger partial charge in [0.15, 0.2) is 0 Å². The van der Waals surface area contributed by atoms with Gasteiger partial charge < -0.3 is 10.5 Å². The zero-order valence-electron chi connectivity index (χ0n) is 11.0. The van der Waals surface area contributed by atoms with Gasteiger partial charge in [-0.2, -0.15) is 5.10 Å². The van der Waals surface area contributed by atoms with Crippen LogP contribution in [0.1, 0.15) is 0 Å². The molecule has 0 fully saturated rings. The summed E-state index contributed by atoms with van der Waals surface area (Å²) in [4.78, 5) is 4.12. The molecule has 0 aliphatic rings. The number of hydrogen-bond acceptors (Lipinski definition) is 4. The Balaban J connectivity index is 1.97.